The Labute approximate surface area is 133 Å². The molecule has 7 heteroatoms. The van der Waals surface area contributed by atoms with E-state index in [1.54, 1.807) is 6.07 Å². The minimum absolute atomic E-state index is 0.0321. The van der Waals surface area contributed by atoms with E-state index >= 15 is 0 Å². The molecule has 0 bridgehead atoms. The van der Waals surface area contributed by atoms with Gasteiger partial charge in [0.1, 0.15) is 0 Å². The van der Waals surface area contributed by atoms with Crippen LogP contribution in [0.4, 0.5) is 11.5 Å². The largest absolute Gasteiger partial charge is 0.362 e. The smallest absolute Gasteiger partial charge is 0.311 e. The molecule has 2 rings (SSSR count). The van der Waals surface area contributed by atoms with Crippen LogP contribution in [0.25, 0.3) is 0 Å². The van der Waals surface area contributed by atoms with Crippen molar-refractivity contribution in [2.75, 3.05) is 26.0 Å². The van der Waals surface area contributed by atoms with Gasteiger partial charge in [0.25, 0.3) is 0 Å². The Balaban J connectivity index is 2.21. The minimum Gasteiger partial charge on any atom is -0.362 e. The molecule has 0 aliphatic rings. The third-order valence-electron chi connectivity index (χ3n) is 3.33. The Morgan fingerprint density at radius 2 is 2.05 bits per heavy atom. The maximum atomic E-state index is 11.0. The second kappa shape index (κ2) is 7.20. The maximum Gasteiger partial charge on any atom is 0.311 e. The summed E-state index contributed by atoms with van der Waals surface area (Å²) in [6.07, 6.45) is 1.52. The predicted octanol–water partition coefficient (Wildman–Crippen LogP) is 3.36. The normalized spacial score (nSPS) is 12.2. The molecule has 1 aromatic carbocycles. The molecule has 0 saturated heterocycles. The van der Waals surface area contributed by atoms with Gasteiger partial charge in [-0.15, -0.1) is 0 Å². The van der Waals surface area contributed by atoms with Crippen molar-refractivity contribution < 1.29 is 4.92 Å². The summed E-state index contributed by atoms with van der Waals surface area (Å²) in [5.41, 5.74) is 0.916. The van der Waals surface area contributed by atoms with E-state index in [4.69, 9.17) is 11.6 Å². The second-order valence-electron chi connectivity index (χ2n) is 5.01. The predicted molar refractivity (Wildman–Crippen MR) is 87.3 cm³/mol. The number of anilines is 1. The van der Waals surface area contributed by atoms with Crippen molar-refractivity contribution in [3.05, 3.63) is 63.3 Å². The van der Waals surface area contributed by atoms with Crippen LogP contribution in [0.5, 0.6) is 0 Å². The van der Waals surface area contributed by atoms with E-state index in [-0.39, 0.29) is 17.5 Å². The molecule has 2 aromatic rings. The van der Waals surface area contributed by atoms with Gasteiger partial charge in [-0.1, -0.05) is 29.8 Å². The third kappa shape index (κ3) is 3.72. The summed E-state index contributed by atoms with van der Waals surface area (Å²) >= 11 is 6.25. The summed E-state index contributed by atoms with van der Waals surface area (Å²) in [6, 6.07) is 10.5. The minimum atomic E-state index is -0.449. The quantitative estimate of drug-likeness (QED) is 0.652. The highest BCUT2D eigenvalue weighted by atomic mass is 35.5. The molecule has 22 heavy (non-hydrogen) atoms. The van der Waals surface area contributed by atoms with Crippen LogP contribution in [0.1, 0.15) is 11.6 Å². The van der Waals surface area contributed by atoms with Gasteiger partial charge in [-0.3, -0.25) is 10.1 Å². The Kier molecular flexibility index (Phi) is 5.30. The zero-order valence-electron chi connectivity index (χ0n) is 12.4. The van der Waals surface area contributed by atoms with Crippen LogP contribution < -0.4 is 5.32 Å². The molecule has 116 valence electrons. The average molecular weight is 321 g/mol. The molecule has 1 atom stereocenters. The number of aromatic nitrogens is 1. The first-order valence-electron chi connectivity index (χ1n) is 6.75. The van der Waals surface area contributed by atoms with Gasteiger partial charge in [-0.05, 0) is 31.8 Å². The number of halogens is 1. The molecule has 6 nitrogen and oxygen atoms in total. The van der Waals surface area contributed by atoms with Crippen molar-refractivity contribution in [3.8, 4) is 0 Å². The molecule has 0 unspecified atom stereocenters. The molecule has 1 aromatic heterocycles. The summed E-state index contributed by atoms with van der Waals surface area (Å²) < 4.78 is 0. The molecule has 0 saturated carbocycles. The van der Waals surface area contributed by atoms with E-state index in [2.05, 4.69) is 10.3 Å². The SMILES string of the molecule is CN(C)[C@H](CNc1ncccc1[N+](=O)[O-])c1ccccc1Cl. The van der Waals surface area contributed by atoms with Gasteiger partial charge in [0, 0.05) is 23.8 Å². The van der Waals surface area contributed by atoms with Crippen LogP contribution in [0.2, 0.25) is 5.02 Å². The van der Waals surface area contributed by atoms with Gasteiger partial charge in [0.15, 0.2) is 0 Å². The number of hydrogen-bond donors (Lipinski definition) is 1. The number of pyridine rings is 1. The van der Waals surface area contributed by atoms with E-state index in [9.17, 15) is 10.1 Å². The number of nitrogens with zero attached hydrogens (tertiary/aromatic N) is 3. The van der Waals surface area contributed by atoms with Gasteiger partial charge in [0.2, 0.25) is 5.82 Å². The fourth-order valence-electron chi connectivity index (χ4n) is 2.19. The van der Waals surface area contributed by atoms with Crippen LogP contribution in [0, 0.1) is 10.1 Å². The molecule has 1 heterocycles. The fraction of sp³-hybridized carbons (Fsp3) is 0.267. The first-order valence-corrected chi connectivity index (χ1v) is 7.12. The van der Waals surface area contributed by atoms with E-state index in [0.29, 0.717) is 11.6 Å². The summed E-state index contributed by atoms with van der Waals surface area (Å²) in [7, 11) is 3.87. The molecular formula is C15H17ClN4O2. The Morgan fingerprint density at radius 1 is 1.32 bits per heavy atom. The van der Waals surface area contributed by atoms with Crippen molar-refractivity contribution >= 4 is 23.1 Å². The standard InChI is InChI=1S/C15H17ClN4O2/c1-19(2)14(11-6-3-4-7-12(11)16)10-18-15-13(20(21)22)8-5-9-17-15/h3-9,14H,10H2,1-2H3,(H,17,18)/t14-/m1/s1. The lowest BCUT2D eigenvalue weighted by Crippen LogP contribution is -2.27. The van der Waals surface area contributed by atoms with Crippen molar-refractivity contribution in [2.45, 2.75) is 6.04 Å². The van der Waals surface area contributed by atoms with Crippen molar-refractivity contribution in [1.82, 2.24) is 9.88 Å². The summed E-state index contributed by atoms with van der Waals surface area (Å²) in [6.45, 7) is 0.453. The molecule has 1 N–H and O–H groups in total. The van der Waals surface area contributed by atoms with Crippen molar-refractivity contribution in [2.24, 2.45) is 0 Å². The van der Waals surface area contributed by atoms with E-state index < -0.39 is 4.92 Å². The highest BCUT2D eigenvalue weighted by Gasteiger charge is 2.19. The number of likely N-dealkylation sites (N-methyl/N-ethyl adjacent to an activating group) is 1. The van der Waals surface area contributed by atoms with Crippen LogP contribution in [0.3, 0.4) is 0 Å². The summed E-state index contributed by atoms with van der Waals surface area (Å²) in [4.78, 5) is 16.6. The van der Waals surface area contributed by atoms with Crippen LogP contribution in [-0.2, 0) is 0 Å². The molecule has 0 radical (unpaired) electrons. The molecule has 0 amide bonds. The van der Waals surface area contributed by atoms with Crippen LogP contribution >= 0.6 is 11.6 Å². The van der Waals surface area contributed by atoms with Crippen LogP contribution in [0.15, 0.2) is 42.6 Å². The molecule has 0 fully saturated rings. The molecule has 0 aliphatic carbocycles. The van der Waals surface area contributed by atoms with Gasteiger partial charge in [-0.25, -0.2) is 4.98 Å². The Hall–Kier alpha value is -2.18. The summed E-state index contributed by atoms with van der Waals surface area (Å²) in [5, 5.41) is 14.7. The van der Waals surface area contributed by atoms with Crippen LogP contribution in [-0.4, -0.2) is 35.4 Å². The highest BCUT2D eigenvalue weighted by molar-refractivity contribution is 6.31. The van der Waals surface area contributed by atoms with Gasteiger partial charge in [-0.2, -0.15) is 0 Å². The lowest BCUT2D eigenvalue weighted by Gasteiger charge is -2.26. The first-order chi connectivity index (χ1) is 10.5. The topological polar surface area (TPSA) is 71.3 Å². The third-order valence-corrected chi connectivity index (χ3v) is 3.68. The number of benzene rings is 1. The van der Waals surface area contributed by atoms with E-state index in [1.165, 1.54) is 12.3 Å². The Morgan fingerprint density at radius 3 is 2.68 bits per heavy atom. The molecular weight excluding hydrogens is 304 g/mol. The van der Waals surface area contributed by atoms with Crippen molar-refractivity contribution in [3.63, 3.8) is 0 Å². The average Bonchev–Trinajstić information content (AvgIpc) is 2.49. The van der Waals surface area contributed by atoms with E-state index in [1.807, 2.05) is 43.3 Å². The number of nitro groups is 1. The van der Waals surface area contributed by atoms with Gasteiger partial charge in [0.05, 0.1) is 11.0 Å². The Bertz CT molecular complexity index is 663. The van der Waals surface area contributed by atoms with Crippen molar-refractivity contribution in [1.29, 1.82) is 0 Å². The highest BCUT2D eigenvalue weighted by Crippen LogP contribution is 2.27. The van der Waals surface area contributed by atoms with E-state index in [0.717, 1.165) is 5.56 Å². The maximum absolute atomic E-state index is 11.0. The number of hydrogen-bond acceptors (Lipinski definition) is 5. The fourth-order valence-corrected chi connectivity index (χ4v) is 2.45. The monoisotopic (exact) mass is 320 g/mol. The lowest BCUT2D eigenvalue weighted by molar-refractivity contribution is -0.384. The zero-order valence-corrected chi connectivity index (χ0v) is 13.1. The second-order valence-corrected chi connectivity index (χ2v) is 5.42. The zero-order chi connectivity index (χ0) is 16.1. The summed E-state index contributed by atoms with van der Waals surface area (Å²) in [5.74, 6) is 0.256. The number of rotatable bonds is 6. The first kappa shape index (κ1) is 16.2. The molecule has 0 aliphatic heterocycles. The molecule has 0 spiro atoms. The number of nitrogens with one attached hydrogen (secondary N) is 1. The lowest BCUT2D eigenvalue weighted by atomic mass is 10.1. The van der Waals surface area contributed by atoms with Gasteiger partial charge >= 0.3 is 5.69 Å². The van der Waals surface area contributed by atoms with Gasteiger partial charge < -0.3 is 10.2 Å².